The average Bonchev–Trinajstić information content (AvgIpc) is 2.82. The van der Waals surface area contributed by atoms with Gasteiger partial charge in [0.05, 0.1) is 19.3 Å². The summed E-state index contributed by atoms with van der Waals surface area (Å²) in [7, 11) is 0. The summed E-state index contributed by atoms with van der Waals surface area (Å²) in [6.07, 6.45) is 3.11. The van der Waals surface area contributed by atoms with E-state index in [1.54, 1.807) is 6.20 Å². The molecule has 0 fully saturated rings. The minimum atomic E-state index is 0.0793. The number of benzene rings is 1. The maximum Gasteiger partial charge on any atom is 0.180 e. The van der Waals surface area contributed by atoms with Gasteiger partial charge in [-0.05, 0) is 11.1 Å². The van der Waals surface area contributed by atoms with E-state index in [-0.39, 0.29) is 6.61 Å². The Kier molecular flexibility index (Phi) is 3.69. The molecule has 2 N–H and O–H groups in total. The van der Waals surface area contributed by atoms with E-state index in [0.717, 1.165) is 23.4 Å². The number of oxazole rings is 1. The zero-order valence-electron chi connectivity index (χ0n) is 8.89. The number of nitrogens with zero attached hydrogens (tertiary/aromatic N) is 1. The summed E-state index contributed by atoms with van der Waals surface area (Å²) < 4.78 is 5.10. The van der Waals surface area contributed by atoms with Crippen LogP contribution in [0.25, 0.3) is 0 Å². The van der Waals surface area contributed by atoms with Crippen LogP contribution >= 0.6 is 0 Å². The standard InChI is InChI=1S/C12H14N2O2/c15-8-11-3-1-2-10(4-11)5-13-6-12-7-14-9-16-12/h1-4,7,9,13,15H,5-6,8H2. The van der Waals surface area contributed by atoms with Gasteiger partial charge in [0.15, 0.2) is 6.39 Å². The third-order valence-electron chi connectivity index (χ3n) is 2.29. The molecule has 0 aliphatic rings. The van der Waals surface area contributed by atoms with Gasteiger partial charge in [-0.1, -0.05) is 24.3 Å². The van der Waals surface area contributed by atoms with E-state index in [4.69, 9.17) is 9.52 Å². The van der Waals surface area contributed by atoms with Gasteiger partial charge < -0.3 is 14.8 Å². The summed E-state index contributed by atoms with van der Waals surface area (Å²) in [5, 5.41) is 12.2. The largest absolute Gasteiger partial charge is 0.447 e. The first kappa shape index (κ1) is 10.9. The van der Waals surface area contributed by atoms with E-state index in [2.05, 4.69) is 10.3 Å². The van der Waals surface area contributed by atoms with Crippen molar-refractivity contribution in [1.82, 2.24) is 10.3 Å². The van der Waals surface area contributed by atoms with Gasteiger partial charge in [0, 0.05) is 6.54 Å². The first-order chi connectivity index (χ1) is 7.88. The van der Waals surface area contributed by atoms with Crippen LogP contribution in [0.4, 0.5) is 0 Å². The van der Waals surface area contributed by atoms with E-state index in [0.29, 0.717) is 6.54 Å². The molecule has 84 valence electrons. The summed E-state index contributed by atoms with van der Waals surface area (Å²) in [6.45, 7) is 1.48. The van der Waals surface area contributed by atoms with Crippen LogP contribution in [0, 0.1) is 0 Å². The summed E-state index contributed by atoms with van der Waals surface area (Å²) in [5.41, 5.74) is 2.07. The van der Waals surface area contributed by atoms with Crippen molar-refractivity contribution in [2.75, 3.05) is 0 Å². The molecule has 0 aliphatic heterocycles. The number of aromatic nitrogens is 1. The van der Waals surface area contributed by atoms with Gasteiger partial charge in [0.25, 0.3) is 0 Å². The zero-order valence-corrected chi connectivity index (χ0v) is 8.89. The van der Waals surface area contributed by atoms with Gasteiger partial charge in [0.1, 0.15) is 5.76 Å². The quantitative estimate of drug-likeness (QED) is 0.797. The topological polar surface area (TPSA) is 58.3 Å². The molecular formula is C12H14N2O2. The number of rotatable bonds is 5. The number of hydrogen-bond acceptors (Lipinski definition) is 4. The molecular weight excluding hydrogens is 204 g/mol. The Hall–Kier alpha value is -1.65. The normalized spacial score (nSPS) is 10.6. The van der Waals surface area contributed by atoms with E-state index in [1.807, 2.05) is 24.3 Å². The van der Waals surface area contributed by atoms with Crippen LogP contribution < -0.4 is 5.32 Å². The van der Waals surface area contributed by atoms with Crippen LogP contribution in [0.3, 0.4) is 0 Å². The number of hydrogen-bond donors (Lipinski definition) is 2. The highest BCUT2D eigenvalue weighted by molar-refractivity contribution is 5.22. The van der Waals surface area contributed by atoms with Crippen molar-refractivity contribution in [1.29, 1.82) is 0 Å². The lowest BCUT2D eigenvalue weighted by molar-refractivity contribution is 0.281. The van der Waals surface area contributed by atoms with Crippen LogP contribution in [-0.4, -0.2) is 10.1 Å². The SMILES string of the molecule is OCc1cccc(CNCc2cnco2)c1. The third-order valence-corrected chi connectivity index (χ3v) is 2.29. The van der Waals surface area contributed by atoms with Gasteiger partial charge in [-0.15, -0.1) is 0 Å². The minimum absolute atomic E-state index is 0.0793. The predicted molar refractivity (Wildman–Crippen MR) is 59.4 cm³/mol. The minimum Gasteiger partial charge on any atom is -0.447 e. The second kappa shape index (κ2) is 5.44. The molecule has 4 heteroatoms. The summed E-state index contributed by atoms with van der Waals surface area (Å²) in [5.74, 6) is 0.818. The molecule has 0 saturated carbocycles. The average molecular weight is 218 g/mol. The summed E-state index contributed by atoms with van der Waals surface area (Å²) in [4.78, 5) is 3.84. The number of aliphatic hydroxyl groups is 1. The molecule has 0 amide bonds. The molecule has 0 aliphatic carbocycles. The highest BCUT2D eigenvalue weighted by Gasteiger charge is 1.97. The lowest BCUT2D eigenvalue weighted by Crippen LogP contribution is -2.12. The maximum absolute atomic E-state index is 8.99. The lowest BCUT2D eigenvalue weighted by Gasteiger charge is -2.04. The first-order valence-corrected chi connectivity index (χ1v) is 5.15. The maximum atomic E-state index is 8.99. The van der Waals surface area contributed by atoms with Crippen LogP contribution in [0.5, 0.6) is 0 Å². The fraction of sp³-hybridized carbons (Fsp3) is 0.250. The van der Waals surface area contributed by atoms with E-state index in [1.165, 1.54) is 6.39 Å². The van der Waals surface area contributed by atoms with Gasteiger partial charge >= 0.3 is 0 Å². The summed E-state index contributed by atoms with van der Waals surface area (Å²) in [6, 6.07) is 7.84. The van der Waals surface area contributed by atoms with Crippen molar-refractivity contribution in [3.63, 3.8) is 0 Å². The molecule has 1 heterocycles. The van der Waals surface area contributed by atoms with Crippen molar-refractivity contribution in [2.45, 2.75) is 19.7 Å². The molecule has 16 heavy (non-hydrogen) atoms. The fourth-order valence-electron chi connectivity index (χ4n) is 1.50. The van der Waals surface area contributed by atoms with Gasteiger partial charge in [-0.3, -0.25) is 0 Å². The van der Waals surface area contributed by atoms with E-state index >= 15 is 0 Å². The zero-order chi connectivity index (χ0) is 11.2. The molecule has 0 bridgehead atoms. The molecule has 0 atom stereocenters. The van der Waals surface area contributed by atoms with Crippen LogP contribution in [0.15, 0.2) is 41.3 Å². The monoisotopic (exact) mass is 218 g/mol. The van der Waals surface area contributed by atoms with Crippen molar-refractivity contribution < 1.29 is 9.52 Å². The Morgan fingerprint density at radius 2 is 2.12 bits per heavy atom. The van der Waals surface area contributed by atoms with Crippen LogP contribution in [0.1, 0.15) is 16.9 Å². The smallest absolute Gasteiger partial charge is 0.180 e. The fourth-order valence-corrected chi connectivity index (χ4v) is 1.50. The molecule has 0 saturated heterocycles. The van der Waals surface area contributed by atoms with Crippen LogP contribution in [0.2, 0.25) is 0 Å². The molecule has 0 spiro atoms. The van der Waals surface area contributed by atoms with Gasteiger partial charge in [0.2, 0.25) is 0 Å². The highest BCUT2D eigenvalue weighted by atomic mass is 16.3. The van der Waals surface area contributed by atoms with Crippen LogP contribution in [-0.2, 0) is 19.7 Å². The Balaban J connectivity index is 1.85. The van der Waals surface area contributed by atoms with Gasteiger partial charge in [-0.2, -0.15) is 0 Å². The van der Waals surface area contributed by atoms with Gasteiger partial charge in [-0.25, -0.2) is 4.98 Å². The van der Waals surface area contributed by atoms with E-state index < -0.39 is 0 Å². The molecule has 4 nitrogen and oxygen atoms in total. The summed E-state index contributed by atoms with van der Waals surface area (Å²) >= 11 is 0. The Morgan fingerprint density at radius 3 is 2.88 bits per heavy atom. The lowest BCUT2D eigenvalue weighted by atomic mass is 10.1. The van der Waals surface area contributed by atoms with Crippen molar-refractivity contribution in [2.24, 2.45) is 0 Å². The van der Waals surface area contributed by atoms with E-state index in [9.17, 15) is 0 Å². The Labute approximate surface area is 93.9 Å². The predicted octanol–water partition coefficient (Wildman–Crippen LogP) is 1.46. The van der Waals surface area contributed by atoms with Crippen molar-refractivity contribution in [3.05, 3.63) is 53.7 Å². The molecule has 1 aromatic heterocycles. The highest BCUT2D eigenvalue weighted by Crippen LogP contribution is 2.05. The second-order valence-electron chi connectivity index (χ2n) is 3.55. The molecule has 1 aromatic carbocycles. The number of nitrogens with one attached hydrogen (secondary N) is 1. The third kappa shape index (κ3) is 2.92. The van der Waals surface area contributed by atoms with Crippen molar-refractivity contribution in [3.8, 4) is 0 Å². The molecule has 2 aromatic rings. The number of aliphatic hydroxyl groups excluding tert-OH is 1. The van der Waals surface area contributed by atoms with Crippen molar-refractivity contribution >= 4 is 0 Å². The Bertz CT molecular complexity index is 426. The second-order valence-corrected chi connectivity index (χ2v) is 3.55. The molecule has 0 radical (unpaired) electrons. The molecule has 0 unspecified atom stereocenters. The first-order valence-electron chi connectivity index (χ1n) is 5.15. The Morgan fingerprint density at radius 1 is 1.25 bits per heavy atom. The molecule has 2 rings (SSSR count).